The van der Waals surface area contributed by atoms with E-state index in [9.17, 15) is 27.2 Å². The number of piperidine rings is 1. The second-order valence-electron chi connectivity index (χ2n) is 10.1. The van der Waals surface area contributed by atoms with Gasteiger partial charge in [0.15, 0.2) is 11.5 Å². The summed E-state index contributed by atoms with van der Waals surface area (Å²) in [6.07, 6.45) is -0.272. The number of hydrogen-bond acceptors (Lipinski definition) is 6. The molecule has 37 heavy (non-hydrogen) atoms. The van der Waals surface area contributed by atoms with Crippen molar-refractivity contribution in [1.82, 2.24) is 30.3 Å². The van der Waals surface area contributed by atoms with Gasteiger partial charge in [-0.3, -0.25) is 19.6 Å². The van der Waals surface area contributed by atoms with Gasteiger partial charge in [0.05, 0.1) is 25.5 Å². The molecule has 0 bridgehead atoms. The van der Waals surface area contributed by atoms with Gasteiger partial charge in [-0.1, -0.05) is 0 Å². The predicted molar refractivity (Wildman–Crippen MR) is 123 cm³/mol. The highest BCUT2D eigenvalue weighted by molar-refractivity contribution is 5.94. The molecule has 1 aliphatic carbocycles. The molecule has 4 heterocycles. The Bertz CT molecular complexity index is 1180. The molecule has 3 fully saturated rings. The smallest absolute Gasteiger partial charge is 0.401 e. The summed E-state index contributed by atoms with van der Waals surface area (Å²) in [5.41, 5.74) is 0.210. The number of methoxy groups -OCH3 is 1. The first-order valence-corrected chi connectivity index (χ1v) is 12.2. The number of nitrogens with one attached hydrogen (secondary N) is 2. The van der Waals surface area contributed by atoms with Gasteiger partial charge in [0, 0.05) is 48.8 Å². The minimum atomic E-state index is -4.26. The van der Waals surface area contributed by atoms with Crippen LogP contribution in [-0.2, 0) is 4.79 Å². The number of likely N-dealkylation sites (tertiary alicyclic amines) is 2. The molecule has 13 heteroatoms. The molecule has 0 radical (unpaired) electrons. The molecule has 1 unspecified atom stereocenters. The van der Waals surface area contributed by atoms with Crippen LogP contribution in [0.3, 0.4) is 0 Å². The summed E-state index contributed by atoms with van der Waals surface area (Å²) in [6.45, 7) is -0.136. The minimum Gasteiger partial charge on any atom is -0.481 e. The summed E-state index contributed by atoms with van der Waals surface area (Å²) in [4.78, 5) is 33.1. The predicted octanol–water partition coefficient (Wildman–Crippen LogP) is 2.76. The van der Waals surface area contributed by atoms with Crippen LogP contribution >= 0.6 is 0 Å². The number of aromatic nitrogens is 3. The van der Waals surface area contributed by atoms with E-state index in [-0.39, 0.29) is 47.5 Å². The summed E-state index contributed by atoms with van der Waals surface area (Å²) in [6, 6.07) is 2.59. The standard InChI is InChI=1S/C24H28F4N6O3/c1-37-20-8-16(17(25)11-29-20)18-9-19(32-31-18)22(36)34-7-2-14(10-23(34)4-5-23)21(35)30-15-3-6-33(12-15)13-24(26,27)28/h8-9,11,14-15H,2-7,10,12-13H2,1H3,(H,30,35)(H,31,32)/t14?,15-/m1/s1. The molecule has 1 saturated carbocycles. The molecule has 2 atom stereocenters. The third-order valence-electron chi connectivity index (χ3n) is 7.49. The lowest BCUT2D eigenvalue weighted by Crippen LogP contribution is -2.52. The molecule has 3 aliphatic rings. The molecule has 0 aromatic carbocycles. The van der Waals surface area contributed by atoms with Crippen LogP contribution in [0.15, 0.2) is 18.3 Å². The Morgan fingerprint density at radius 2 is 2.03 bits per heavy atom. The molecule has 1 spiro atoms. The van der Waals surface area contributed by atoms with Gasteiger partial charge in [0.25, 0.3) is 5.91 Å². The maximum absolute atomic E-state index is 14.3. The van der Waals surface area contributed by atoms with Crippen molar-refractivity contribution in [3.63, 3.8) is 0 Å². The fourth-order valence-electron chi connectivity index (χ4n) is 5.46. The molecular weight excluding hydrogens is 496 g/mol. The number of nitrogens with zero attached hydrogens (tertiary/aromatic N) is 4. The van der Waals surface area contributed by atoms with E-state index < -0.39 is 24.1 Å². The Kier molecular flexibility index (Phi) is 6.59. The van der Waals surface area contributed by atoms with Gasteiger partial charge >= 0.3 is 6.18 Å². The second kappa shape index (κ2) is 9.58. The molecule has 9 nitrogen and oxygen atoms in total. The summed E-state index contributed by atoms with van der Waals surface area (Å²) >= 11 is 0. The largest absolute Gasteiger partial charge is 0.481 e. The SMILES string of the molecule is COc1cc(-c2cc(C(=O)N3CCC(C(=O)N[C@@H]4CCN(CC(F)(F)F)C4)CC34CC4)n[nH]2)c(F)cn1. The number of H-pyrrole nitrogens is 1. The monoisotopic (exact) mass is 524 g/mol. The lowest BCUT2D eigenvalue weighted by molar-refractivity contribution is -0.143. The van der Waals surface area contributed by atoms with Crippen LogP contribution in [0.25, 0.3) is 11.3 Å². The van der Waals surface area contributed by atoms with Crippen molar-refractivity contribution in [3.8, 4) is 17.1 Å². The Hall–Kier alpha value is -3.22. The van der Waals surface area contributed by atoms with Crippen LogP contribution < -0.4 is 10.1 Å². The number of ether oxygens (including phenoxy) is 1. The van der Waals surface area contributed by atoms with Gasteiger partial charge in [-0.25, -0.2) is 9.37 Å². The Balaban J connectivity index is 1.20. The average Bonchev–Trinajstić information content (AvgIpc) is 3.23. The second-order valence-corrected chi connectivity index (χ2v) is 10.1. The molecule has 2 aromatic heterocycles. The highest BCUT2D eigenvalue weighted by Gasteiger charge is 2.55. The van der Waals surface area contributed by atoms with E-state index in [1.165, 1.54) is 24.1 Å². The van der Waals surface area contributed by atoms with Gasteiger partial charge in [0.1, 0.15) is 0 Å². The lowest BCUT2D eigenvalue weighted by atomic mass is 9.87. The number of hydrogen-bond donors (Lipinski definition) is 2. The van der Waals surface area contributed by atoms with E-state index in [1.54, 1.807) is 4.90 Å². The molecule has 2 aliphatic heterocycles. The van der Waals surface area contributed by atoms with Crippen molar-refractivity contribution in [1.29, 1.82) is 0 Å². The maximum atomic E-state index is 14.3. The number of halogens is 4. The number of pyridine rings is 1. The molecule has 2 N–H and O–H groups in total. The molecule has 2 saturated heterocycles. The minimum absolute atomic E-state index is 0.148. The van der Waals surface area contributed by atoms with Crippen LogP contribution in [0.5, 0.6) is 5.88 Å². The van der Waals surface area contributed by atoms with Crippen LogP contribution in [0.1, 0.15) is 42.6 Å². The van der Waals surface area contributed by atoms with E-state index in [0.29, 0.717) is 38.0 Å². The molecule has 200 valence electrons. The van der Waals surface area contributed by atoms with Crippen molar-refractivity contribution in [2.45, 2.75) is 49.9 Å². The third-order valence-corrected chi connectivity index (χ3v) is 7.49. The van der Waals surface area contributed by atoms with Crippen molar-refractivity contribution < 1.29 is 31.9 Å². The number of alkyl halides is 3. The lowest BCUT2D eigenvalue weighted by Gasteiger charge is -2.39. The molecule has 2 aromatic rings. The first-order valence-electron chi connectivity index (χ1n) is 12.2. The van der Waals surface area contributed by atoms with Crippen molar-refractivity contribution in [2.75, 3.05) is 33.3 Å². The zero-order chi connectivity index (χ0) is 26.4. The van der Waals surface area contributed by atoms with Gasteiger partial charge in [-0.15, -0.1) is 0 Å². The van der Waals surface area contributed by atoms with Gasteiger partial charge < -0.3 is 15.0 Å². The highest BCUT2D eigenvalue weighted by atomic mass is 19.4. The Morgan fingerprint density at radius 3 is 2.73 bits per heavy atom. The maximum Gasteiger partial charge on any atom is 0.401 e. The van der Waals surface area contributed by atoms with E-state index in [4.69, 9.17) is 4.74 Å². The number of rotatable bonds is 6. The van der Waals surface area contributed by atoms with Crippen LogP contribution in [0, 0.1) is 11.7 Å². The van der Waals surface area contributed by atoms with Gasteiger partial charge in [0.2, 0.25) is 11.8 Å². The highest BCUT2D eigenvalue weighted by Crippen LogP contribution is 2.50. The van der Waals surface area contributed by atoms with Crippen LogP contribution in [0.4, 0.5) is 17.6 Å². The summed E-state index contributed by atoms with van der Waals surface area (Å²) in [7, 11) is 1.42. The van der Waals surface area contributed by atoms with Crippen LogP contribution in [0.2, 0.25) is 0 Å². The van der Waals surface area contributed by atoms with Crippen molar-refractivity contribution >= 4 is 11.8 Å². The van der Waals surface area contributed by atoms with Crippen LogP contribution in [-0.4, -0.2) is 87.8 Å². The third kappa shape index (κ3) is 5.41. The van der Waals surface area contributed by atoms with Gasteiger partial charge in [-0.2, -0.15) is 18.3 Å². The Morgan fingerprint density at radius 1 is 1.24 bits per heavy atom. The number of carbonyl (C=O) groups is 2. The van der Waals surface area contributed by atoms with E-state index >= 15 is 0 Å². The topological polar surface area (TPSA) is 103 Å². The zero-order valence-electron chi connectivity index (χ0n) is 20.3. The van der Waals surface area contributed by atoms with E-state index in [0.717, 1.165) is 19.0 Å². The number of aromatic amines is 1. The fraction of sp³-hybridized carbons (Fsp3) is 0.583. The quantitative estimate of drug-likeness (QED) is 0.564. The molecular formula is C24H28F4N6O3. The van der Waals surface area contributed by atoms with Gasteiger partial charge in [-0.05, 0) is 38.2 Å². The average molecular weight is 525 g/mol. The normalized spacial score (nSPS) is 23.3. The molecule has 2 amide bonds. The summed E-state index contributed by atoms with van der Waals surface area (Å²) < 4.78 is 57.3. The first-order chi connectivity index (χ1) is 17.6. The number of carbonyl (C=O) groups excluding carboxylic acids is 2. The van der Waals surface area contributed by atoms with Crippen molar-refractivity contribution in [3.05, 3.63) is 29.8 Å². The van der Waals surface area contributed by atoms with E-state index in [2.05, 4.69) is 20.5 Å². The molecule has 5 rings (SSSR count). The zero-order valence-corrected chi connectivity index (χ0v) is 20.3. The first kappa shape index (κ1) is 25.4. The fourth-order valence-corrected chi connectivity index (χ4v) is 5.46. The Labute approximate surface area is 210 Å². The number of amides is 2. The van der Waals surface area contributed by atoms with Crippen molar-refractivity contribution in [2.24, 2.45) is 5.92 Å². The summed E-state index contributed by atoms with van der Waals surface area (Å²) in [5, 5.41) is 9.73. The van der Waals surface area contributed by atoms with E-state index in [1.807, 2.05) is 0 Å². The summed E-state index contributed by atoms with van der Waals surface area (Å²) in [5.74, 6) is -1.13.